The molecule has 0 fully saturated rings. The summed E-state index contributed by atoms with van der Waals surface area (Å²) < 4.78 is 4.93. The SMILES string of the molecule is CCCCCC1CC([O-])=CC(=O)C1C(=O)OCC.[Na+]. The summed E-state index contributed by atoms with van der Waals surface area (Å²) in [5, 5.41) is 11.4. The summed E-state index contributed by atoms with van der Waals surface area (Å²) in [6.45, 7) is 4.07. The Morgan fingerprint density at radius 1 is 1.42 bits per heavy atom. The van der Waals surface area contributed by atoms with Crippen molar-refractivity contribution in [2.24, 2.45) is 11.8 Å². The molecule has 0 saturated heterocycles. The molecule has 1 rings (SSSR count). The van der Waals surface area contributed by atoms with Crippen LogP contribution in [-0.2, 0) is 14.3 Å². The van der Waals surface area contributed by atoms with E-state index < -0.39 is 11.9 Å². The van der Waals surface area contributed by atoms with E-state index in [-0.39, 0.29) is 53.6 Å². The summed E-state index contributed by atoms with van der Waals surface area (Å²) in [5.74, 6) is -1.97. The van der Waals surface area contributed by atoms with Gasteiger partial charge in [0.1, 0.15) is 5.92 Å². The molecule has 1 aliphatic carbocycles. The molecule has 102 valence electrons. The molecule has 0 N–H and O–H groups in total. The predicted octanol–water partition coefficient (Wildman–Crippen LogP) is -1.42. The van der Waals surface area contributed by atoms with Gasteiger partial charge in [0.05, 0.1) is 6.61 Å². The molecule has 0 bridgehead atoms. The van der Waals surface area contributed by atoms with E-state index in [0.717, 1.165) is 31.8 Å². The van der Waals surface area contributed by atoms with Crippen LogP contribution in [0.1, 0.15) is 46.0 Å². The molecule has 2 unspecified atom stereocenters. The zero-order valence-electron chi connectivity index (χ0n) is 12.1. The first kappa shape index (κ1) is 18.7. The van der Waals surface area contributed by atoms with Crippen LogP contribution < -0.4 is 34.7 Å². The standard InChI is InChI=1S/C14H22O4.Na/c1-3-5-6-7-10-8-11(15)9-12(16)13(10)14(17)18-4-2;/h9-10,13,15H,3-8H2,1-2H3;/q;+1/p-1. The summed E-state index contributed by atoms with van der Waals surface area (Å²) >= 11 is 0. The van der Waals surface area contributed by atoms with Crippen LogP contribution in [-0.4, -0.2) is 18.4 Å². The van der Waals surface area contributed by atoms with Crippen LogP contribution in [0, 0.1) is 11.8 Å². The molecule has 0 saturated carbocycles. The number of unbranched alkanes of at least 4 members (excludes halogenated alkanes) is 2. The molecule has 0 aliphatic heterocycles. The number of ether oxygens (including phenoxy) is 1. The van der Waals surface area contributed by atoms with E-state index in [1.807, 2.05) is 0 Å². The van der Waals surface area contributed by atoms with Gasteiger partial charge < -0.3 is 9.84 Å². The van der Waals surface area contributed by atoms with Gasteiger partial charge in [-0.15, -0.1) is 5.76 Å². The van der Waals surface area contributed by atoms with E-state index in [4.69, 9.17) is 4.74 Å². The van der Waals surface area contributed by atoms with Gasteiger partial charge in [0.2, 0.25) is 0 Å². The molecule has 1 aliphatic rings. The molecule has 0 amide bonds. The Bertz CT molecular complexity index is 338. The molecule has 0 aromatic heterocycles. The zero-order chi connectivity index (χ0) is 13.5. The average Bonchev–Trinajstić information content (AvgIpc) is 2.28. The Morgan fingerprint density at radius 3 is 2.68 bits per heavy atom. The van der Waals surface area contributed by atoms with Crippen molar-refractivity contribution in [3.8, 4) is 0 Å². The van der Waals surface area contributed by atoms with Gasteiger partial charge in [-0.25, -0.2) is 0 Å². The van der Waals surface area contributed by atoms with Gasteiger partial charge in [0, 0.05) is 0 Å². The molecule has 4 nitrogen and oxygen atoms in total. The van der Waals surface area contributed by atoms with E-state index in [2.05, 4.69) is 6.92 Å². The number of esters is 1. The average molecular weight is 276 g/mol. The Labute approximate surface area is 136 Å². The van der Waals surface area contributed by atoms with Gasteiger partial charge in [-0.05, 0) is 31.8 Å². The first-order valence-corrected chi connectivity index (χ1v) is 6.68. The fourth-order valence-electron chi connectivity index (χ4n) is 2.38. The second kappa shape index (κ2) is 9.56. The smallest absolute Gasteiger partial charge is 0.875 e. The Morgan fingerprint density at radius 2 is 2.11 bits per heavy atom. The minimum absolute atomic E-state index is 0. The van der Waals surface area contributed by atoms with Gasteiger partial charge >= 0.3 is 35.5 Å². The molecule has 0 heterocycles. The molecule has 5 heteroatoms. The van der Waals surface area contributed by atoms with E-state index >= 15 is 0 Å². The normalized spacial score (nSPS) is 22.4. The fraction of sp³-hybridized carbons (Fsp3) is 0.714. The van der Waals surface area contributed by atoms with Crippen LogP contribution in [0.25, 0.3) is 0 Å². The molecule has 0 aromatic rings. The second-order valence-corrected chi connectivity index (χ2v) is 4.70. The molecular formula is C14H21NaO4. The number of hydrogen-bond donors (Lipinski definition) is 0. The van der Waals surface area contributed by atoms with Crippen molar-refractivity contribution in [2.45, 2.75) is 46.0 Å². The summed E-state index contributed by atoms with van der Waals surface area (Å²) in [4.78, 5) is 23.6. The quantitative estimate of drug-likeness (QED) is 0.258. The van der Waals surface area contributed by atoms with Gasteiger partial charge in [-0.3, -0.25) is 9.59 Å². The maximum atomic E-state index is 11.8. The van der Waals surface area contributed by atoms with Gasteiger partial charge in [-0.1, -0.05) is 26.2 Å². The van der Waals surface area contributed by atoms with E-state index in [1.165, 1.54) is 0 Å². The first-order chi connectivity index (χ1) is 8.60. The van der Waals surface area contributed by atoms with Crippen LogP contribution in [0.5, 0.6) is 0 Å². The molecule has 0 radical (unpaired) electrons. The minimum atomic E-state index is -0.764. The minimum Gasteiger partial charge on any atom is -0.875 e. The number of carbonyl (C=O) groups is 2. The van der Waals surface area contributed by atoms with Gasteiger partial charge in [0.15, 0.2) is 5.78 Å². The van der Waals surface area contributed by atoms with Crippen molar-refractivity contribution < 1.29 is 49.0 Å². The maximum Gasteiger partial charge on any atom is 1.00 e. The predicted molar refractivity (Wildman–Crippen MR) is 65.5 cm³/mol. The summed E-state index contributed by atoms with van der Waals surface area (Å²) in [6.07, 6.45) is 5.15. The Hall–Kier alpha value is -0.320. The largest absolute Gasteiger partial charge is 1.00 e. The van der Waals surface area contributed by atoms with Crippen molar-refractivity contribution >= 4 is 11.8 Å². The first-order valence-electron chi connectivity index (χ1n) is 6.68. The van der Waals surface area contributed by atoms with Crippen molar-refractivity contribution in [3.05, 3.63) is 11.8 Å². The zero-order valence-corrected chi connectivity index (χ0v) is 14.1. The van der Waals surface area contributed by atoms with Gasteiger partial charge in [0.25, 0.3) is 0 Å². The maximum absolute atomic E-state index is 11.8. The fourth-order valence-corrected chi connectivity index (χ4v) is 2.38. The Kier molecular flexibility index (Phi) is 9.40. The number of allylic oxidation sites excluding steroid dienone is 2. The third-order valence-corrected chi connectivity index (χ3v) is 3.26. The number of hydrogen-bond acceptors (Lipinski definition) is 4. The molecular weight excluding hydrogens is 255 g/mol. The van der Waals surface area contributed by atoms with Crippen molar-refractivity contribution in [1.82, 2.24) is 0 Å². The van der Waals surface area contributed by atoms with Crippen LogP contribution in [0.4, 0.5) is 0 Å². The van der Waals surface area contributed by atoms with Crippen molar-refractivity contribution in [3.63, 3.8) is 0 Å². The van der Waals surface area contributed by atoms with E-state index in [9.17, 15) is 14.7 Å². The summed E-state index contributed by atoms with van der Waals surface area (Å²) in [5.41, 5.74) is 0. The Balaban J connectivity index is 0.00000324. The molecule has 2 atom stereocenters. The summed E-state index contributed by atoms with van der Waals surface area (Å²) in [7, 11) is 0. The van der Waals surface area contributed by atoms with Crippen LogP contribution in [0.3, 0.4) is 0 Å². The van der Waals surface area contributed by atoms with Crippen LogP contribution >= 0.6 is 0 Å². The monoisotopic (exact) mass is 276 g/mol. The third kappa shape index (κ3) is 5.67. The number of carbonyl (C=O) groups excluding carboxylic acids is 2. The van der Waals surface area contributed by atoms with Crippen LogP contribution in [0.15, 0.2) is 11.8 Å². The van der Waals surface area contributed by atoms with Crippen molar-refractivity contribution in [2.75, 3.05) is 6.61 Å². The molecule has 0 spiro atoms. The van der Waals surface area contributed by atoms with Crippen LogP contribution in [0.2, 0.25) is 0 Å². The molecule has 19 heavy (non-hydrogen) atoms. The second-order valence-electron chi connectivity index (χ2n) is 4.70. The number of ketones is 1. The topological polar surface area (TPSA) is 66.4 Å². The number of rotatable bonds is 6. The molecule has 0 aromatic carbocycles. The van der Waals surface area contributed by atoms with E-state index in [1.54, 1.807) is 6.92 Å². The van der Waals surface area contributed by atoms with Crippen molar-refractivity contribution in [1.29, 1.82) is 0 Å². The van der Waals surface area contributed by atoms with Gasteiger partial charge in [-0.2, -0.15) is 0 Å². The summed E-state index contributed by atoms with van der Waals surface area (Å²) in [6, 6.07) is 0. The van der Waals surface area contributed by atoms with E-state index in [0.29, 0.717) is 6.42 Å². The third-order valence-electron chi connectivity index (χ3n) is 3.26.